The fourth-order valence-electron chi connectivity index (χ4n) is 5.37. The normalized spacial score (nSPS) is 26.7. The van der Waals surface area contributed by atoms with E-state index in [0.29, 0.717) is 11.7 Å². The third-order valence-electron chi connectivity index (χ3n) is 6.62. The number of rotatable bonds is 1. The van der Waals surface area contributed by atoms with Crippen LogP contribution in [0.15, 0.2) is 48.5 Å². The van der Waals surface area contributed by atoms with Crippen LogP contribution in [0.25, 0.3) is 0 Å². The Hall–Kier alpha value is -2.13. The molecule has 0 bridgehead atoms. The number of hydrogen-bond acceptors (Lipinski definition) is 3. The number of carbonyl (C=O) groups excluding carboxylic acids is 1. The lowest BCUT2D eigenvalue weighted by atomic mass is 9.64. The molecule has 3 aliphatic rings. The molecule has 5 rings (SSSR count). The van der Waals surface area contributed by atoms with Crippen LogP contribution in [0, 0.1) is 11.8 Å². The highest BCUT2D eigenvalue weighted by Gasteiger charge is 2.53. The summed E-state index contributed by atoms with van der Waals surface area (Å²) in [5, 5.41) is 3.44. The topological polar surface area (TPSA) is 38.3 Å². The molecule has 2 aromatic rings. The van der Waals surface area contributed by atoms with Crippen molar-refractivity contribution in [3.63, 3.8) is 0 Å². The van der Waals surface area contributed by atoms with Gasteiger partial charge in [0.25, 0.3) is 0 Å². The predicted octanol–water partition coefficient (Wildman–Crippen LogP) is 3.81. The number of carbonyl (C=O) groups is 1. The third-order valence-corrected chi connectivity index (χ3v) is 6.62. The van der Waals surface area contributed by atoms with E-state index in [0.717, 1.165) is 56.5 Å². The standard InChI is InChI=1S/C23H25NO2/c25-22-19-7-3-4-8-20(19)26-23(11-13-24-14-12-23)21(22)18-10-9-16-5-1-2-6-17(16)15-18/h1-8,18,21,24H,9-15H2. The molecule has 2 atom stereocenters. The summed E-state index contributed by atoms with van der Waals surface area (Å²) in [4.78, 5) is 13.6. The van der Waals surface area contributed by atoms with E-state index in [1.165, 1.54) is 11.1 Å². The van der Waals surface area contributed by atoms with Gasteiger partial charge < -0.3 is 10.1 Å². The second-order valence-corrected chi connectivity index (χ2v) is 8.03. The zero-order valence-corrected chi connectivity index (χ0v) is 15.0. The Labute approximate surface area is 154 Å². The van der Waals surface area contributed by atoms with Gasteiger partial charge in [-0.1, -0.05) is 36.4 Å². The molecule has 1 saturated heterocycles. The van der Waals surface area contributed by atoms with E-state index in [9.17, 15) is 4.79 Å². The maximum Gasteiger partial charge on any atom is 0.173 e. The van der Waals surface area contributed by atoms with Crippen LogP contribution in [0.5, 0.6) is 5.75 Å². The van der Waals surface area contributed by atoms with Gasteiger partial charge in [-0.25, -0.2) is 0 Å². The molecule has 1 fully saturated rings. The first kappa shape index (κ1) is 16.1. The van der Waals surface area contributed by atoms with Crippen LogP contribution in [0.3, 0.4) is 0 Å². The smallest absolute Gasteiger partial charge is 0.173 e. The van der Waals surface area contributed by atoms with E-state index < -0.39 is 0 Å². The summed E-state index contributed by atoms with van der Waals surface area (Å²) in [6, 6.07) is 16.5. The van der Waals surface area contributed by atoms with Gasteiger partial charge in [-0.15, -0.1) is 0 Å². The van der Waals surface area contributed by atoms with Gasteiger partial charge in [0.05, 0.1) is 11.5 Å². The molecule has 0 aromatic heterocycles. The van der Waals surface area contributed by atoms with E-state index in [2.05, 4.69) is 29.6 Å². The number of para-hydroxylation sites is 1. The summed E-state index contributed by atoms with van der Waals surface area (Å²) in [5.74, 6) is 1.42. The molecule has 26 heavy (non-hydrogen) atoms. The number of hydrogen-bond donors (Lipinski definition) is 1. The molecule has 3 nitrogen and oxygen atoms in total. The van der Waals surface area contributed by atoms with Crippen molar-refractivity contribution in [3.8, 4) is 5.75 Å². The highest BCUT2D eigenvalue weighted by Crippen LogP contribution is 2.47. The van der Waals surface area contributed by atoms with E-state index in [-0.39, 0.29) is 11.5 Å². The second kappa shape index (κ2) is 6.24. The van der Waals surface area contributed by atoms with Gasteiger partial charge in [-0.3, -0.25) is 4.79 Å². The van der Waals surface area contributed by atoms with Crippen molar-refractivity contribution in [1.82, 2.24) is 5.32 Å². The summed E-state index contributed by atoms with van der Waals surface area (Å²) < 4.78 is 6.62. The van der Waals surface area contributed by atoms with E-state index >= 15 is 0 Å². The summed E-state index contributed by atoms with van der Waals surface area (Å²) in [5.41, 5.74) is 3.31. The lowest BCUT2D eigenvalue weighted by Crippen LogP contribution is -2.58. The van der Waals surface area contributed by atoms with Crippen LogP contribution >= 0.6 is 0 Å². The van der Waals surface area contributed by atoms with Gasteiger partial charge in [-0.2, -0.15) is 0 Å². The number of nitrogens with one attached hydrogen (secondary N) is 1. The zero-order chi connectivity index (χ0) is 17.6. The molecule has 2 aromatic carbocycles. The van der Waals surface area contributed by atoms with Crippen molar-refractivity contribution in [1.29, 1.82) is 0 Å². The maximum absolute atomic E-state index is 13.6. The summed E-state index contributed by atoms with van der Waals surface area (Å²) in [7, 11) is 0. The molecule has 0 saturated carbocycles. The molecule has 1 spiro atoms. The first-order valence-corrected chi connectivity index (χ1v) is 9.87. The molecule has 2 unspecified atom stereocenters. The fourth-order valence-corrected chi connectivity index (χ4v) is 5.37. The van der Waals surface area contributed by atoms with Crippen molar-refractivity contribution in [3.05, 3.63) is 65.2 Å². The van der Waals surface area contributed by atoms with Crippen molar-refractivity contribution >= 4 is 5.78 Å². The Balaban J connectivity index is 1.56. The minimum absolute atomic E-state index is 0.0344. The Morgan fingerprint density at radius 2 is 1.69 bits per heavy atom. The van der Waals surface area contributed by atoms with Crippen LogP contribution in [0.4, 0.5) is 0 Å². The summed E-state index contributed by atoms with van der Waals surface area (Å²) in [6.07, 6.45) is 4.97. The van der Waals surface area contributed by atoms with Gasteiger partial charge in [0.1, 0.15) is 11.4 Å². The lowest BCUT2D eigenvalue weighted by Gasteiger charge is -2.49. The highest BCUT2D eigenvalue weighted by molar-refractivity contribution is 6.02. The predicted molar refractivity (Wildman–Crippen MR) is 102 cm³/mol. The van der Waals surface area contributed by atoms with Crippen LogP contribution in [0.1, 0.15) is 40.7 Å². The number of ketones is 1. The average Bonchev–Trinajstić information content (AvgIpc) is 2.68. The fraction of sp³-hybridized carbons (Fsp3) is 0.435. The van der Waals surface area contributed by atoms with Gasteiger partial charge in [0, 0.05) is 12.8 Å². The molecule has 0 radical (unpaired) electrons. The number of ether oxygens (including phenoxy) is 1. The molecule has 2 heterocycles. The van der Waals surface area contributed by atoms with Crippen LogP contribution in [-0.4, -0.2) is 24.5 Å². The largest absolute Gasteiger partial charge is 0.486 e. The summed E-state index contributed by atoms with van der Waals surface area (Å²) in [6.45, 7) is 1.85. The van der Waals surface area contributed by atoms with E-state index in [4.69, 9.17) is 4.74 Å². The van der Waals surface area contributed by atoms with Crippen molar-refractivity contribution in [2.24, 2.45) is 11.8 Å². The van der Waals surface area contributed by atoms with Crippen molar-refractivity contribution < 1.29 is 9.53 Å². The number of benzene rings is 2. The van der Waals surface area contributed by atoms with Crippen LogP contribution in [-0.2, 0) is 12.8 Å². The van der Waals surface area contributed by atoms with Gasteiger partial charge in [0.2, 0.25) is 0 Å². The second-order valence-electron chi connectivity index (χ2n) is 8.03. The van der Waals surface area contributed by atoms with Gasteiger partial charge in [0.15, 0.2) is 5.78 Å². The van der Waals surface area contributed by atoms with Crippen molar-refractivity contribution in [2.75, 3.05) is 13.1 Å². The quantitative estimate of drug-likeness (QED) is 0.853. The number of aryl methyl sites for hydroxylation is 1. The Kier molecular flexibility index (Phi) is 3.86. The number of piperidine rings is 1. The average molecular weight is 347 g/mol. The minimum Gasteiger partial charge on any atom is -0.486 e. The maximum atomic E-state index is 13.6. The Bertz CT molecular complexity index is 838. The molecule has 3 heteroatoms. The number of Topliss-reactive ketones (excluding diaryl/α,β-unsaturated/α-hetero) is 1. The van der Waals surface area contributed by atoms with Crippen LogP contribution < -0.4 is 10.1 Å². The van der Waals surface area contributed by atoms with E-state index in [1.54, 1.807) is 0 Å². The molecule has 0 amide bonds. The highest BCUT2D eigenvalue weighted by atomic mass is 16.5. The number of fused-ring (bicyclic) bond motifs is 2. The lowest BCUT2D eigenvalue weighted by molar-refractivity contribution is -0.0417. The van der Waals surface area contributed by atoms with Crippen molar-refractivity contribution in [2.45, 2.75) is 37.7 Å². The Morgan fingerprint density at radius 1 is 0.962 bits per heavy atom. The van der Waals surface area contributed by atoms with Gasteiger partial charge >= 0.3 is 0 Å². The molecule has 2 aliphatic heterocycles. The monoisotopic (exact) mass is 347 g/mol. The molecule has 1 aliphatic carbocycles. The van der Waals surface area contributed by atoms with Crippen LogP contribution in [0.2, 0.25) is 0 Å². The SMILES string of the molecule is O=C1c2ccccc2OC2(CCNCC2)C1C1CCc2ccccc2C1. The molecule has 134 valence electrons. The first-order valence-electron chi connectivity index (χ1n) is 9.87. The third kappa shape index (κ3) is 2.49. The minimum atomic E-state index is -0.340. The molecular formula is C23H25NO2. The Morgan fingerprint density at radius 3 is 2.54 bits per heavy atom. The zero-order valence-electron chi connectivity index (χ0n) is 15.0. The molecular weight excluding hydrogens is 322 g/mol. The molecule has 1 N–H and O–H groups in total. The summed E-state index contributed by atoms with van der Waals surface area (Å²) >= 11 is 0. The first-order chi connectivity index (χ1) is 12.8. The van der Waals surface area contributed by atoms with Gasteiger partial charge in [-0.05, 0) is 61.5 Å². The van der Waals surface area contributed by atoms with E-state index in [1.807, 2.05) is 24.3 Å².